The summed E-state index contributed by atoms with van der Waals surface area (Å²) >= 11 is -5.11. The molecule has 5 heteroatoms. The summed E-state index contributed by atoms with van der Waals surface area (Å²) in [7, 11) is 0. The van der Waals surface area contributed by atoms with E-state index in [4.69, 9.17) is 6.64 Å². The normalized spacial score (nSPS) is 19.8. The van der Waals surface area contributed by atoms with Crippen LogP contribution in [0.2, 0.25) is 0 Å². The molecule has 2 aromatic rings. The Bertz CT molecular complexity index is 1020. The Morgan fingerprint density at radius 1 is 0.786 bits per heavy atom. The van der Waals surface area contributed by atoms with Crippen LogP contribution in [0.1, 0.15) is 44.5 Å². The van der Waals surface area contributed by atoms with Gasteiger partial charge in [-0.3, -0.25) is 0 Å². The fourth-order valence-electron chi connectivity index (χ4n) is 4.68. The van der Waals surface area contributed by atoms with Gasteiger partial charge in [-0.1, -0.05) is 0 Å². The van der Waals surface area contributed by atoms with Gasteiger partial charge in [0.1, 0.15) is 0 Å². The van der Waals surface area contributed by atoms with E-state index in [1.54, 1.807) is 0 Å². The Labute approximate surface area is 165 Å². The zero-order chi connectivity index (χ0) is 20.0. The average Bonchev–Trinajstić information content (AvgIpc) is 3.26. The van der Waals surface area contributed by atoms with Gasteiger partial charge in [-0.25, -0.2) is 0 Å². The van der Waals surface area contributed by atoms with Crippen LogP contribution in [0.3, 0.4) is 0 Å². The van der Waals surface area contributed by atoms with Crippen LogP contribution in [0.15, 0.2) is 60.7 Å². The van der Waals surface area contributed by atoms with Crippen molar-refractivity contribution in [3.63, 3.8) is 0 Å². The van der Waals surface area contributed by atoms with Crippen molar-refractivity contribution in [3.8, 4) is 0 Å². The van der Waals surface area contributed by atoms with Gasteiger partial charge in [0.2, 0.25) is 0 Å². The molecule has 0 aliphatic heterocycles. The Kier molecular flexibility index (Phi) is 4.37. The second-order valence-corrected chi connectivity index (χ2v) is 14.5. The van der Waals surface area contributed by atoms with Crippen LogP contribution in [-0.4, -0.2) is 16.8 Å². The first kappa shape index (κ1) is 18.8. The summed E-state index contributed by atoms with van der Waals surface area (Å²) in [5, 5.41) is 0. The molecule has 4 rings (SSSR count). The van der Waals surface area contributed by atoms with Crippen LogP contribution < -0.4 is 0 Å². The predicted octanol–water partition coefficient (Wildman–Crippen LogP) is 4.60. The monoisotopic (exact) mass is 410 g/mol. The molecule has 0 fully saturated rings. The molecule has 0 saturated heterocycles. The van der Waals surface area contributed by atoms with Crippen LogP contribution in [0, 0.1) is 0 Å². The van der Waals surface area contributed by atoms with E-state index in [2.05, 4.69) is 4.82 Å². The van der Waals surface area contributed by atoms with E-state index in [1.807, 2.05) is 72.8 Å². The van der Waals surface area contributed by atoms with E-state index >= 15 is 0 Å². The molecule has 0 N–H and O–H groups in total. The summed E-state index contributed by atoms with van der Waals surface area (Å²) < 4.78 is 11.5. The second-order valence-electron chi connectivity index (χ2n) is 7.54. The molecule has 2 unspecified atom stereocenters. The van der Waals surface area contributed by atoms with Gasteiger partial charge >= 0.3 is 166 Å². The molecule has 0 radical (unpaired) electrons. The molecular formula is C23H22O4Ti. The summed E-state index contributed by atoms with van der Waals surface area (Å²) in [5.74, 6) is -0.965. The zero-order valence-corrected chi connectivity index (χ0v) is 17.5. The number of hydrogen-bond donors (Lipinski definition) is 0. The molecule has 4 nitrogen and oxygen atoms in total. The topological polar surface area (TPSA) is 52.6 Å². The van der Waals surface area contributed by atoms with E-state index in [-0.39, 0.29) is 8.45 Å². The first-order chi connectivity index (χ1) is 13.3. The molecule has 2 aliphatic carbocycles. The van der Waals surface area contributed by atoms with Crippen molar-refractivity contribution in [2.24, 2.45) is 0 Å². The number of benzene rings is 2. The number of rotatable bonds is 4. The van der Waals surface area contributed by atoms with Gasteiger partial charge in [-0.05, 0) is 0 Å². The van der Waals surface area contributed by atoms with Crippen LogP contribution in [0.5, 0.6) is 0 Å². The number of carbonyl (C=O) groups excluding carboxylic acids is 2. The van der Waals surface area contributed by atoms with Crippen molar-refractivity contribution < 1.29 is 31.8 Å². The van der Waals surface area contributed by atoms with E-state index in [0.717, 1.165) is 22.3 Å². The molecule has 0 aromatic heterocycles. The third-order valence-electron chi connectivity index (χ3n) is 5.66. The molecule has 0 bridgehead atoms. The van der Waals surface area contributed by atoms with Crippen molar-refractivity contribution >= 4 is 28.9 Å². The SMILES string of the molecule is [CH2]=[Ti]([O]C(C)=O)([O]C(C)=O)([CH]1C=Cc2ccccc21)[CH]1C=Cc2ccccc21. The summed E-state index contributed by atoms with van der Waals surface area (Å²) in [6.07, 6.45) is 7.95. The van der Waals surface area contributed by atoms with Crippen molar-refractivity contribution in [2.45, 2.75) is 22.3 Å². The molecule has 2 aliphatic rings. The Morgan fingerprint density at radius 3 is 1.57 bits per heavy atom. The zero-order valence-electron chi connectivity index (χ0n) is 15.9. The minimum atomic E-state index is -5.11. The van der Waals surface area contributed by atoms with Gasteiger partial charge in [0, 0.05) is 0 Å². The van der Waals surface area contributed by atoms with Crippen LogP contribution in [0.4, 0.5) is 0 Å². The van der Waals surface area contributed by atoms with Gasteiger partial charge < -0.3 is 0 Å². The summed E-state index contributed by atoms with van der Waals surface area (Å²) in [6, 6.07) is 15.8. The van der Waals surface area contributed by atoms with Gasteiger partial charge in [-0.15, -0.1) is 0 Å². The van der Waals surface area contributed by atoms with Crippen molar-refractivity contribution in [2.75, 3.05) is 0 Å². The molecule has 142 valence electrons. The van der Waals surface area contributed by atoms with Gasteiger partial charge in [0.25, 0.3) is 0 Å². The third-order valence-corrected chi connectivity index (χ3v) is 13.7. The number of carbonyl (C=O) groups is 2. The summed E-state index contributed by atoms with van der Waals surface area (Å²) in [5.41, 5.74) is 4.02. The second kappa shape index (κ2) is 6.51. The van der Waals surface area contributed by atoms with Gasteiger partial charge in [0.05, 0.1) is 0 Å². The number of allylic oxidation sites excluding steroid dienone is 2. The van der Waals surface area contributed by atoms with E-state index in [9.17, 15) is 9.59 Å². The maximum atomic E-state index is 12.3. The average molecular weight is 410 g/mol. The standard InChI is InChI=1S/2C9H7.2C2H4O2.CH2.Ti/c2*1-2-5-9-7-3-6-8(9)4-1;2*1-2(3)4;;/h2*1-7H;2*1H3,(H,3,4);1H2;/q;;;;;+2/p-2. The van der Waals surface area contributed by atoms with Crippen LogP contribution in [-0.2, 0) is 31.8 Å². The quantitative estimate of drug-likeness (QED) is 0.692. The van der Waals surface area contributed by atoms with Crippen molar-refractivity contribution in [1.82, 2.24) is 0 Å². The number of fused-ring (bicyclic) bond motifs is 2. The third kappa shape index (κ3) is 2.76. The first-order valence-electron chi connectivity index (χ1n) is 9.30. The Morgan fingerprint density at radius 2 is 1.18 bits per heavy atom. The van der Waals surface area contributed by atoms with Gasteiger partial charge in [0.15, 0.2) is 0 Å². The maximum absolute atomic E-state index is 12.3. The van der Waals surface area contributed by atoms with Crippen LogP contribution >= 0.6 is 0 Å². The molecule has 2 atom stereocenters. The van der Waals surface area contributed by atoms with Crippen molar-refractivity contribution in [1.29, 1.82) is 0 Å². The van der Waals surface area contributed by atoms with Gasteiger partial charge in [-0.2, -0.15) is 0 Å². The van der Waals surface area contributed by atoms with Crippen molar-refractivity contribution in [3.05, 3.63) is 82.9 Å². The summed E-state index contributed by atoms with van der Waals surface area (Å²) in [4.78, 5) is 29.2. The summed E-state index contributed by atoms with van der Waals surface area (Å²) in [6.45, 7) is 2.71. The molecule has 0 heterocycles. The predicted molar refractivity (Wildman–Crippen MR) is 107 cm³/mol. The fourth-order valence-corrected chi connectivity index (χ4v) is 12.6. The van der Waals surface area contributed by atoms with E-state index in [1.165, 1.54) is 13.8 Å². The molecule has 0 saturated carbocycles. The Hall–Kier alpha value is -2.56. The van der Waals surface area contributed by atoms with E-state index in [0.29, 0.717) is 0 Å². The fraction of sp³-hybridized carbons (Fsp3) is 0.174. The Balaban J connectivity index is 2.01. The van der Waals surface area contributed by atoms with Crippen LogP contribution in [0.25, 0.3) is 12.2 Å². The molecule has 2 aromatic carbocycles. The minimum absolute atomic E-state index is 0.373. The molecule has 28 heavy (non-hydrogen) atoms. The number of hydrogen-bond acceptors (Lipinski definition) is 4. The first-order valence-corrected chi connectivity index (χ1v) is 13.5. The van der Waals surface area contributed by atoms with E-state index < -0.39 is 27.6 Å². The molecule has 0 spiro atoms. The molecular weight excluding hydrogens is 388 g/mol. The molecule has 0 amide bonds.